The minimum Gasteiger partial charge on any atom is -0.463 e. The van der Waals surface area contributed by atoms with Gasteiger partial charge in [0.05, 0.1) is 11.6 Å². The number of rotatable bonds is 8. The molecular formula is C16H18Cl2O4. The molecule has 0 heterocycles. The summed E-state index contributed by atoms with van der Waals surface area (Å²) in [7, 11) is 0. The average molecular weight is 345 g/mol. The van der Waals surface area contributed by atoms with Crippen LogP contribution in [0.15, 0.2) is 30.4 Å². The van der Waals surface area contributed by atoms with Crippen LogP contribution < -0.4 is 4.74 Å². The Morgan fingerprint density at radius 1 is 1.09 bits per heavy atom. The Morgan fingerprint density at radius 3 is 2.50 bits per heavy atom. The molecule has 0 unspecified atom stereocenters. The molecule has 0 aliphatic heterocycles. The highest BCUT2D eigenvalue weighted by Crippen LogP contribution is 2.27. The lowest BCUT2D eigenvalue weighted by Crippen LogP contribution is -2.07. The van der Waals surface area contributed by atoms with E-state index in [1.807, 2.05) is 0 Å². The Balaban J connectivity index is 2.35. The van der Waals surface area contributed by atoms with E-state index in [0.29, 0.717) is 11.6 Å². The molecular weight excluding hydrogens is 327 g/mol. The van der Waals surface area contributed by atoms with Crippen LogP contribution in [0.25, 0.3) is 0 Å². The zero-order valence-corrected chi connectivity index (χ0v) is 13.8. The number of esters is 2. The van der Waals surface area contributed by atoms with Crippen LogP contribution in [0, 0.1) is 0 Å². The lowest BCUT2D eigenvalue weighted by atomic mass is 10.2. The second-order valence-electron chi connectivity index (χ2n) is 4.56. The highest BCUT2D eigenvalue weighted by molar-refractivity contribution is 6.35. The van der Waals surface area contributed by atoms with Crippen molar-refractivity contribution in [2.45, 2.75) is 32.6 Å². The molecule has 1 aromatic carbocycles. The van der Waals surface area contributed by atoms with Crippen molar-refractivity contribution in [3.8, 4) is 5.75 Å². The van der Waals surface area contributed by atoms with Crippen molar-refractivity contribution >= 4 is 35.1 Å². The van der Waals surface area contributed by atoms with Gasteiger partial charge in [0.2, 0.25) is 0 Å². The van der Waals surface area contributed by atoms with E-state index in [-0.39, 0.29) is 10.8 Å². The maximum atomic E-state index is 11.6. The van der Waals surface area contributed by atoms with Gasteiger partial charge in [-0.1, -0.05) is 49.4 Å². The number of carbonyl (C=O) groups is 2. The maximum Gasteiger partial charge on any atom is 0.336 e. The summed E-state index contributed by atoms with van der Waals surface area (Å²) in [4.78, 5) is 22.9. The number of hydrogen-bond donors (Lipinski definition) is 0. The van der Waals surface area contributed by atoms with Crippen LogP contribution in [0.5, 0.6) is 5.75 Å². The topological polar surface area (TPSA) is 52.6 Å². The van der Waals surface area contributed by atoms with Gasteiger partial charge in [0.15, 0.2) is 0 Å². The van der Waals surface area contributed by atoms with Gasteiger partial charge in [0.25, 0.3) is 0 Å². The van der Waals surface area contributed by atoms with Gasteiger partial charge in [-0.3, -0.25) is 0 Å². The first-order chi connectivity index (χ1) is 10.5. The zero-order chi connectivity index (χ0) is 16.4. The number of benzene rings is 1. The Bertz CT molecular complexity index is 541. The van der Waals surface area contributed by atoms with Gasteiger partial charge in [-0.05, 0) is 24.6 Å². The number of carbonyl (C=O) groups excluding carboxylic acids is 2. The molecule has 0 N–H and O–H groups in total. The number of unbranched alkanes of at least 4 members (excludes halogenated alkanes) is 3. The fraction of sp³-hybridized carbons (Fsp3) is 0.375. The lowest BCUT2D eigenvalue weighted by molar-refractivity contribution is -0.138. The molecule has 0 saturated heterocycles. The number of ether oxygens (including phenoxy) is 2. The van der Waals surface area contributed by atoms with Gasteiger partial charge in [-0.15, -0.1) is 0 Å². The SMILES string of the molecule is CCCCCCOC(=O)/C=C/C(=O)Oc1ccc(Cl)cc1Cl. The third-order valence-corrected chi connectivity index (χ3v) is 3.23. The summed E-state index contributed by atoms with van der Waals surface area (Å²) in [6.45, 7) is 2.45. The van der Waals surface area contributed by atoms with Crippen LogP contribution in [-0.2, 0) is 14.3 Å². The van der Waals surface area contributed by atoms with E-state index in [1.165, 1.54) is 12.1 Å². The largest absolute Gasteiger partial charge is 0.463 e. The molecule has 0 atom stereocenters. The third kappa shape index (κ3) is 7.48. The first-order valence-electron chi connectivity index (χ1n) is 7.04. The fourth-order valence-electron chi connectivity index (χ4n) is 1.59. The summed E-state index contributed by atoms with van der Waals surface area (Å²) in [5, 5.41) is 0.653. The molecule has 4 nitrogen and oxygen atoms in total. The lowest BCUT2D eigenvalue weighted by Gasteiger charge is -2.04. The summed E-state index contributed by atoms with van der Waals surface area (Å²) >= 11 is 11.6. The normalized spacial score (nSPS) is 10.7. The molecule has 0 aliphatic rings. The summed E-state index contributed by atoms with van der Waals surface area (Å²) in [5.74, 6) is -1.11. The summed E-state index contributed by atoms with van der Waals surface area (Å²) < 4.78 is 9.94. The first-order valence-corrected chi connectivity index (χ1v) is 7.80. The molecule has 0 spiro atoms. The Morgan fingerprint density at radius 2 is 1.82 bits per heavy atom. The van der Waals surface area contributed by atoms with Crippen molar-refractivity contribution in [2.75, 3.05) is 6.61 Å². The van der Waals surface area contributed by atoms with Gasteiger partial charge in [0.1, 0.15) is 5.75 Å². The van der Waals surface area contributed by atoms with Crippen molar-refractivity contribution < 1.29 is 19.1 Å². The molecule has 0 bridgehead atoms. The molecule has 0 amide bonds. The van der Waals surface area contributed by atoms with Crippen molar-refractivity contribution in [2.24, 2.45) is 0 Å². The second-order valence-corrected chi connectivity index (χ2v) is 5.40. The fourth-order valence-corrected chi connectivity index (χ4v) is 2.03. The van der Waals surface area contributed by atoms with Crippen LogP contribution in [0.3, 0.4) is 0 Å². The van der Waals surface area contributed by atoms with Crippen LogP contribution in [0.2, 0.25) is 10.0 Å². The van der Waals surface area contributed by atoms with E-state index in [2.05, 4.69) is 6.92 Å². The van der Waals surface area contributed by atoms with Crippen molar-refractivity contribution in [1.82, 2.24) is 0 Å². The van der Waals surface area contributed by atoms with E-state index in [0.717, 1.165) is 37.8 Å². The highest BCUT2D eigenvalue weighted by Gasteiger charge is 2.07. The first kappa shape index (κ1) is 18.5. The minimum atomic E-state index is -0.716. The minimum absolute atomic E-state index is 0.175. The van der Waals surface area contributed by atoms with Crippen molar-refractivity contribution in [1.29, 1.82) is 0 Å². The molecule has 1 rings (SSSR count). The van der Waals surface area contributed by atoms with E-state index in [1.54, 1.807) is 6.07 Å². The molecule has 1 aromatic rings. The predicted octanol–water partition coefficient (Wildman–Crippen LogP) is 4.58. The number of halogens is 2. The molecule has 0 aromatic heterocycles. The van der Waals surface area contributed by atoms with Crippen LogP contribution in [-0.4, -0.2) is 18.5 Å². The Kier molecular flexibility index (Phi) is 8.63. The van der Waals surface area contributed by atoms with Crippen LogP contribution in [0.1, 0.15) is 32.6 Å². The second kappa shape index (κ2) is 10.2. The average Bonchev–Trinajstić information content (AvgIpc) is 2.48. The van der Waals surface area contributed by atoms with Gasteiger partial charge in [-0.25, -0.2) is 9.59 Å². The van der Waals surface area contributed by atoms with E-state index in [9.17, 15) is 9.59 Å². The molecule has 120 valence electrons. The van der Waals surface area contributed by atoms with E-state index >= 15 is 0 Å². The Labute approximate surface area is 140 Å². The zero-order valence-electron chi connectivity index (χ0n) is 12.3. The van der Waals surface area contributed by atoms with Gasteiger partial charge >= 0.3 is 11.9 Å². The summed E-state index contributed by atoms with van der Waals surface area (Å²) in [5.41, 5.74) is 0. The van der Waals surface area contributed by atoms with Crippen LogP contribution >= 0.6 is 23.2 Å². The van der Waals surface area contributed by atoms with Gasteiger partial charge in [0, 0.05) is 17.2 Å². The molecule has 0 aliphatic carbocycles. The van der Waals surface area contributed by atoms with Gasteiger partial charge in [-0.2, -0.15) is 0 Å². The molecule has 0 radical (unpaired) electrons. The molecule has 6 heteroatoms. The van der Waals surface area contributed by atoms with E-state index < -0.39 is 11.9 Å². The quantitative estimate of drug-likeness (QED) is 0.300. The highest BCUT2D eigenvalue weighted by atomic mass is 35.5. The standard InChI is InChI=1S/C16H18Cl2O4/c1-2-3-4-5-10-21-15(19)8-9-16(20)22-14-7-6-12(17)11-13(14)18/h6-9,11H,2-5,10H2,1H3/b9-8+. The molecule has 0 fully saturated rings. The monoisotopic (exact) mass is 344 g/mol. The maximum absolute atomic E-state index is 11.6. The molecule has 22 heavy (non-hydrogen) atoms. The smallest absolute Gasteiger partial charge is 0.336 e. The number of hydrogen-bond acceptors (Lipinski definition) is 4. The third-order valence-electron chi connectivity index (χ3n) is 2.70. The van der Waals surface area contributed by atoms with E-state index in [4.69, 9.17) is 32.7 Å². The Hall–Kier alpha value is -1.52. The molecule has 0 saturated carbocycles. The van der Waals surface area contributed by atoms with Crippen molar-refractivity contribution in [3.05, 3.63) is 40.4 Å². The van der Waals surface area contributed by atoms with Gasteiger partial charge < -0.3 is 9.47 Å². The van der Waals surface area contributed by atoms with Crippen molar-refractivity contribution in [3.63, 3.8) is 0 Å². The summed E-state index contributed by atoms with van der Waals surface area (Å²) in [6.07, 6.45) is 6.10. The summed E-state index contributed by atoms with van der Waals surface area (Å²) in [6, 6.07) is 4.48. The predicted molar refractivity (Wildman–Crippen MR) is 86.3 cm³/mol. The van der Waals surface area contributed by atoms with Crippen LogP contribution in [0.4, 0.5) is 0 Å².